The Morgan fingerprint density at radius 2 is 1.77 bits per heavy atom. The van der Waals surface area contributed by atoms with E-state index in [1.54, 1.807) is 0 Å². The van der Waals surface area contributed by atoms with E-state index in [1.807, 2.05) is 20.8 Å². The molecule has 0 amide bonds. The van der Waals surface area contributed by atoms with Crippen LogP contribution in [0.25, 0.3) is 0 Å². The average molecular weight is 184 g/mol. The summed E-state index contributed by atoms with van der Waals surface area (Å²) in [4.78, 5) is 0. The molecule has 1 aromatic carbocycles. The van der Waals surface area contributed by atoms with Gasteiger partial charge in [-0.05, 0) is 35.6 Å². The topological polar surface area (TPSA) is 0 Å². The highest BCUT2D eigenvalue weighted by Gasteiger charge is 2.14. The Morgan fingerprint density at radius 1 is 1.15 bits per heavy atom. The summed E-state index contributed by atoms with van der Waals surface area (Å²) in [5.41, 5.74) is 0.432. The molecule has 0 saturated heterocycles. The second kappa shape index (κ2) is 3.44. The Labute approximate surface area is 77.6 Å². The molecule has 0 aliphatic carbocycles. The average Bonchev–Trinajstić information content (AvgIpc) is 1.94. The third-order valence-electron chi connectivity index (χ3n) is 1.73. The molecule has 0 fully saturated rings. The van der Waals surface area contributed by atoms with Gasteiger partial charge in [-0.25, -0.2) is 8.78 Å². The van der Waals surface area contributed by atoms with Crippen LogP contribution in [0.2, 0.25) is 0 Å². The Morgan fingerprint density at radius 3 is 2.31 bits per heavy atom. The predicted octanol–water partition coefficient (Wildman–Crippen LogP) is 3.55. The first-order chi connectivity index (χ1) is 5.88. The summed E-state index contributed by atoms with van der Waals surface area (Å²) in [6.45, 7) is 5.99. The number of hydrogen-bond donors (Lipinski definition) is 0. The zero-order valence-electron chi connectivity index (χ0n) is 8.20. The van der Waals surface area contributed by atoms with Gasteiger partial charge in [-0.3, -0.25) is 0 Å². The van der Waals surface area contributed by atoms with E-state index in [4.69, 9.17) is 0 Å². The van der Waals surface area contributed by atoms with Crippen molar-refractivity contribution in [2.24, 2.45) is 5.41 Å². The van der Waals surface area contributed by atoms with Crippen LogP contribution in [0.1, 0.15) is 26.3 Å². The summed E-state index contributed by atoms with van der Waals surface area (Å²) in [5.74, 6) is -0.697. The largest absolute Gasteiger partial charge is 0.207 e. The summed E-state index contributed by atoms with van der Waals surface area (Å²) >= 11 is 0. The Hall–Kier alpha value is -0.920. The lowest BCUT2D eigenvalue weighted by Crippen LogP contribution is -2.10. The van der Waals surface area contributed by atoms with Crippen molar-refractivity contribution in [1.29, 1.82) is 0 Å². The maximum Gasteiger partial charge on any atom is 0.126 e. The molecule has 72 valence electrons. The third kappa shape index (κ3) is 3.13. The second-order valence-electron chi connectivity index (χ2n) is 4.47. The smallest absolute Gasteiger partial charge is 0.126 e. The van der Waals surface area contributed by atoms with Gasteiger partial charge in [0.1, 0.15) is 11.6 Å². The fourth-order valence-corrected chi connectivity index (χ4v) is 1.25. The highest BCUT2D eigenvalue weighted by Crippen LogP contribution is 2.22. The number of halogens is 2. The Balaban J connectivity index is 2.94. The molecule has 0 spiro atoms. The monoisotopic (exact) mass is 184 g/mol. The van der Waals surface area contributed by atoms with E-state index in [-0.39, 0.29) is 17.0 Å². The van der Waals surface area contributed by atoms with Crippen molar-refractivity contribution < 1.29 is 8.78 Å². The van der Waals surface area contributed by atoms with E-state index < -0.39 is 0 Å². The van der Waals surface area contributed by atoms with Crippen LogP contribution >= 0.6 is 0 Å². The van der Waals surface area contributed by atoms with Crippen molar-refractivity contribution in [2.45, 2.75) is 27.2 Å². The van der Waals surface area contributed by atoms with Gasteiger partial charge in [0.05, 0.1) is 0 Å². The molecule has 0 bridgehead atoms. The first kappa shape index (κ1) is 10.2. The van der Waals surface area contributed by atoms with E-state index in [0.717, 1.165) is 6.07 Å². The zero-order chi connectivity index (χ0) is 10.1. The molecule has 0 aromatic heterocycles. The molecule has 2 heteroatoms. The molecule has 0 heterocycles. The van der Waals surface area contributed by atoms with E-state index in [0.29, 0.717) is 12.0 Å². The molecule has 0 aliphatic heterocycles. The lowest BCUT2D eigenvalue weighted by molar-refractivity contribution is 0.401. The summed E-state index contributed by atoms with van der Waals surface area (Å²) in [5, 5.41) is 0. The molecule has 13 heavy (non-hydrogen) atoms. The highest BCUT2D eigenvalue weighted by molar-refractivity contribution is 5.19. The van der Waals surface area contributed by atoms with E-state index in [9.17, 15) is 8.78 Å². The van der Waals surface area contributed by atoms with E-state index >= 15 is 0 Å². The van der Waals surface area contributed by atoms with Crippen molar-refractivity contribution in [3.63, 3.8) is 0 Å². The van der Waals surface area contributed by atoms with Crippen LogP contribution in [0.5, 0.6) is 0 Å². The van der Waals surface area contributed by atoms with Crippen molar-refractivity contribution in [3.05, 3.63) is 35.4 Å². The van der Waals surface area contributed by atoms with Gasteiger partial charge in [0.2, 0.25) is 0 Å². The quantitative estimate of drug-likeness (QED) is 0.626. The summed E-state index contributed by atoms with van der Waals surface area (Å²) in [7, 11) is 0. The molecule has 0 aliphatic rings. The molecule has 0 saturated carbocycles. The maximum atomic E-state index is 13.1. The second-order valence-corrected chi connectivity index (χ2v) is 4.47. The van der Waals surface area contributed by atoms with Crippen molar-refractivity contribution in [1.82, 2.24) is 0 Å². The minimum absolute atomic E-state index is 0.0192. The lowest BCUT2D eigenvalue weighted by Gasteiger charge is -2.18. The molecule has 1 aromatic rings. The van der Waals surface area contributed by atoms with Crippen LogP contribution in [0.4, 0.5) is 8.78 Å². The maximum absolute atomic E-state index is 13.1. The Kier molecular flexibility index (Phi) is 2.69. The molecule has 0 N–H and O–H groups in total. The molecule has 0 nitrogen and oxygen atoms in total. The van der Waals surface area contributed by atoms with Crippen LogP contribution < -0.4 is 0 Å². The van der Waals surface area contributed by atoms with Gasteiger partial charge in [-0.1, -0.05) is 20.8 Å². The number of rotatable bonds is 1. The predicted molar refractivity (Wildman–Crippen MR) is 49.5 cm³/mol. The standard InChI is InChI=1S/C11H14F2/c1-11(2,3)7-8-6-9(12)4-5-10(8)13/h4-6H,7H2,1-3H3. The molecule has 1 rings (SSSR count). The van der Waals surface area contributed by atoms with Crippen LogP contribution in [0.3, 0.4) is 0 Å². The van der Waals surface area contributed by atoms with E-state index in [2.05, 4.69) is 0 Å². The molecular formula is C11H14F2. The van der Waals surface area contributed by atoms with Gasteiger partial charge in [0.25, 0.3) is 0 Å². The van der Waals surface area contributed by atoms with Gasteiger partial charge >= 0.3 is 0 Å². The molecule has 0 unspecified atom stereocenters. The number of benzene rings is 1. The van der Waals surface area contributed by atoms with Gasteiger partial charge in [-0.15, -0.1) is 0 Å². The fraction of sp³-hybridized carbons (Fsp3) is 0.455. The normalized spacial score (nSPS) is 11.8. The first-order valence-corrected chi connectivity index (χ1v) is 4.32. The third-order valence-corrected chi connectivity index (χ3v) is 1.73. The zero-order valence-corrected chi connectivity index (χ0v) is 8.20. The van der Waals surface area contributed by atoms with Gasteiger partial charge in [-0.2, -0.15) is 0 Å². The highest BCUT2D eigenvalue weighted by atomic mass is 19.1. The summed E-state index contributed by atoms with van der Waals surface area (Å²) in [6.07, 6.45) is 0.552. The molecule has 0 radical (unpaired) electrons. The van der Waals surface area contributed by atoms with Crippen LogP contribution in [0.15, 0.2) is 18.2 Å². The van der Waals surface area contributed by atoms with Crippen molar-refractivity contribution >= 4 is 0 Å². The molecule has 0 atom stereocenters. The van der Waals surface area contributed by atoms with Crippen LogP contribution in [0, 0.1) is 17.0 Å². The first-order valence-electron chi connectivity index (χ1n) is 4.32. The minimum Gasteiger partial charge on any atom is -0.207 e. The van der Waals surface area contributed by atoms with Gasteiger partial charge < -0.3 is 0 Å². The van der Waals surface area contributed by atoms with Crippen molar-refractivity contribution in [2.75, 3.05) is 0 Å². The van der Waals surface area contributed by atoms with Gasteiger partial charge in [0.15, 0.2) is 0 Å². The fourth-order valence-electron chi connectivity index (χ4n) is 1.25. The molecular weight excluding hydrogens is 170 g/mol. The lowest BCUT2D eigenvalue weighted by atomic mass is 9.88. The minimum atomic E-state index is -0.374. The van der Waals surface area contributed by atoms with Crippen molar-refractivity contribution in [3.8, 4) is 0 Å². The summed E-state index contributed by atoms with van der Waals surface area (Å²) < 4.78 is 25.9. The van der Waals surface area contributed by atoms with Crippen LogP contribution in [-0.4, -0.2) is 0 Å². The Bertz CT molecular complexity index is 297. The van der Waals surface area contributed by atoms with Crippen LogP contribution in [-0.2, 0) is 6.42 Å². The SMILES string of the molecule is CC(C)(C)Cc1cc(F)ccc1F. The summed E-state index contributed by atoms with van der Waals surface area (Å²) in [6, 6.07) is 3.58. The van der Waals surface area contributed by atoms with E-state index in [1.165, 1.54) is 12.1 Å². The number of hydrogen-bond acceptors (Lipinski definition) is 0. The van der Waals surface area contributed by atoms with Gasteiger partial charge in [0, 0.05) is 0 Å².